The minimum absolute atomic E-state index is 0.756. The molecule has 0 aliphatic heterocycles. The van der Waals surface area contributed by atoms with Crippen molar-refractivity contribution in [3.05, 3.63) is 97.1 Å². The Morgan fingerprint density at radius 1 is 0.654 bits per heavy atom. The number of ether oxygens (including phenoxy) is 1. The van der Waals surface area contributed by atoms with Gasteiger partial charge in [0.25, 0.3) is 0 Å². The Morgan fingerprint density at radius 3 is 2.00 bits per heavy atom. The highest BCUT2D eigenvalue weighted by molar-refractivity contribution is 7.85. The summed E-state index contributed by atoms with van der Waals surface area (Å²) in [6.07, 6.45) is 0. The van der Waals surface area contributed by atoms with E-state index in [1.807, 2.05) is 84.9 Å². The van der Waals surface area contributed by atoms with E-state index in [4.69, 9.17) is 4.74 Å². The Kier molecular flexibility index (Phi) is 4.36. The van der Waals surface area contributed by atoms with Crippen LogP contribution >= 0.6 is 7.14 Å². The molecule has 128 valence electrons. The summed E-state index contributed by atoms with van der Waals surface area (Å²) in [7, 11) is -1.37. The fourth-order valence-corrected chi connectivity index (χ4v) is 6.19. The summed E-state index contributed by atoms with van der Waals surface area (Å²) in [6, 6.07) is 31.4. The van der Waals surface area contributed by atoms with Crippen molar-refractivity contribution in [1.29, 1.82) is 0 Å². The van der Waals surface area contributed by atoms with Crippen LogP contribution < -0.4 is 20.7 Å². The van der Waals surface area contributed by atoms with Crippen molar-refractivity contribution < 1.29 is 9.30 Å². The van der Waals surface area contributed by atoms with Crippen LogP contribution in [0.3, 0.4) is 0 Å². The standard InChI is InChI=1S/C23H19O2P/c1-25-19-14-16-21(17-15-19)26(24,20-10-3-2-4-11-20)23-13-7-9-18-8-5-6-12-22(18)23/h2-17H,1H3/t26-/m0/s1. The van der Waals surface area contributed by atoms with Gasteiger partial charge < -0.3 is 9.30 Å². The van der Waals surface area contributed by atoms with Gasteiger partial charge in [0.15, 0.2) is 7.14 Å². The van der Waals surface area contributed by atoms with Gasteiger partial charge >= 0.3 is 0 Å². The number of methoxy groups -OCH3 is 1. The summed E-state index contributed by atoms with van der Waals surface area (Å²) in [5.41, 5.74) is 0. The maximum atomic E-state index is 14.6. The van der Waals surface area contributed by atoms with E-state index in [9.17, 15) is 4.57 Å². The largest absolute Gasteiger partial charge is 0.497 e. The first-order chi connectivity index (χ1) is 12.7. The third-order valence-electron chi connectivity index (χ3n) is 4.66. The topological polar surface area (TPSA) is 26.3 Å². The van der Waals surface area contributed by atoms with Crippen LogP contribution in [0.1, 0.15) is 0 Å². The number of fused-ring (bicyclic) bond motifs is 1. The second-order valence-electron chi connectivity index (χ2n) is 6.14. The second-order valence-corrected chi connectivity index (χ2v) is 8.87. The van der Waals surface area contributed by atoms with Crippen molar-refractivity contribution in [2.75, 3.05) is 7.11 Å². The Labute approximate surface area is 153 Å². The highest BCUT2D eigenvalue weighted by atomic mass is 31.2. The van der Waals surface area contributed by atoms with Crippen LogP contribution in [-0.2, 0) is 4.57 Å². The zero-order chi connectivity index (χ0) is 18.0. The van der Waals surface area contributed by atoms with E-state index >= 15 is 0 Å². The van der Waals surface area contributed by atoms with Crippen LogP contribution in [-0.4, -0.2) is 7.11 Å². The van der Waals surface area contributed by atoms with Crippen LogP contribution in [0.15, 0.2) is 97.1 Å². The van der Waals surface area contributed by atoms with E-state index in [1.165, 1.54) is 0 Å². The molecule has 0 heterocycles. The molecule has 0 aliphatic rings. The molecule has 0 unspecified atom stereocenters. The molecule has 3 heteroatoms. The third-order valence-corrected chi connectivity index (χ3v) is 7.78. The van der Waals surface area contributed by atoms with Gasteiger partial charge in [-0.25, -0.2) is 0 Å². The molecule has 0 radical (unpaired) electrons. The predicted octanol–water partition coefficient (Wildman–Crippen LogP) is 4.49. The number of benzene rings is 4. The maximum absolute atomic E-state index is 14.6. The maximum Gasteiger partial charge on any atom is 0.171 e. The molecule has 4 aromatic rings. The minimum atomic E-state index is -3.01. The Morgan fingerprint density at radius 2 is 1.27 bits per heavy atom. The van der Waals surface area contributed by atoms with Crippen LogP contribution in [0.2, 0.25) is 0 Å². The first-order valence-corrected chi connectivity index (χ1v) is 10.2. The normalized spacial score (nSPS) is 13.3. The van der Waals surface area contributed by atoms with Crippen molar-refractivity contribution >= 4 is 33.8 Å². The lowest BCUT2D eigenvalue weighted by molar-refractivity contribution is 0.415. The number of hydrogen-bond donors (Lipinski definition) is 0. The molecule has 0 saturated heterocycles. The van der Waals surface area contributed by atoms with E-state index in [-0.39, 0.29) is 0 Å². The van der Waals surface area contributed by atoms with Gasteiger partial charge in [0.1, 0.15) is 5.75 Å². The van der Waals surface area contributed by atoms with E-state index in [0.717, 1.165) is 32.4 Å². The average Bonchev–Trinajstić information content (AvgIpc) is 2.73. The lowest BCUT2D eigenvalue weighted by Crippen LogP contribution is -2.25. The molecule has 0 aromatic heterocycles. The van der Waals surface area contributed by atoms with Crippen molar-refractivity contribution in [2.45, 2.75) is 0 Å². The zero-order valence-electron chi connectivity index (χ0n) is 14.5. The lowest BCUT2D eigenvalue weighted by Gasteiger charge is -2.22. The smallest absolute Gasteiger partial charge is 0.171 e. The van der Waals surface area contributed by atoms with E-state index in [2.05, 4.69) is 12.1 Å². The molecule has 0 bridgehead atoms. The van der Waals surface area contributed by atoms with Gasteiger partial charge in [0.05, 0.1) is 7.11 Å². The molecule has 1 atom stereocenters. The number of hydrogen-bond acceptors (Lipinski definition) is 2. The first-order valence-electron chi connectivity index (χ1n) is 8.52. The van der Waals surface area contributed by atoms with E-state index in [0.29, 0.717) is 0 Å². The Balaban J connectivity index is 2.04. The second kappa shape index (κ2) is 6.82. The molecule has 0 fully saturated rings. The predicted molar refractivity (Wildman–Crippen MR) is 110 cm³/mol. The van der Waals surface area contributed by atoms with Gasteiger partial charge in [0, 0.05) is 15.9 Å². The quantitative estimate of drug-likeness (QED) is 0.503. The Hall–Kier alpha value is -2.83. The van der Waals surface area contributed by atoms with E-state index in [1.54, 1.807) is 7.11 Å². The number of rotatable bonds is 4. The summed E-state index contributed by atoms with van der Waals surface area (Å²) < 4.78 is 19.9. The highest BCUT2D eigenvalue weighted by Crippen LogP contribution is 2.44. The van der Waals surface area contributed by atoms with Gasteiger partial charge in [-0.15, -0.1) is 0 Å². The molecule has 26 heavy (non-hydrogen) atoms. The minimum Gasteiger partial charge on any atom is -0.497 e. The summed E-state index contributed by atoms with van der Waals surface area (Å²) in [5, 5.41) is 4.63. The third kappa shape index (κ3) is 2.73. The van der Waals surface area contributed by atoms with Crippen LogP contribution in [0.4, 0.5) is 0 Å². The molecule has 0 aliphatic carbocycles. The monoisotopic (exact) mass is 358 g/mol. The summed E-state index contributed by atoms with van der Waals surface area (Å²) in [4.78, 5) is 0. The van der Waals surface area contributed by atoms with Gasteiger partial charge in [-0.2, -0.15) is 0 Å². The molecular weight excluding hydrogens is 339 g/mol. The van der Waals surface area contributed by atoms with Gasteiger partial charge in [-0.05, 0) is 35.0 Å². The van der Waals surface area contributed by atoms with Crippen LogP contribution in [0.25, 0.3) is 10.8 Å². The Bertz CT molecular complexity index is 1080. The summed E-state index contributed by atoms with van der Waals surface area (Å²) in [5.74, 6) is 0.756. The zero-order valence-corrected chi connectivity index (χ0v) is 15.4. The van der Waals surface area contributed by atoms with Crippen molar-refractivity contribution in [2.24, 2.45) is 0 Å². The molecular formula is C23H19O2P. The first kappa shape index (κ1) is 16.6. The van der Waals surface area contributed by atoms with E-state index < -0.39 is 7.14 Å². The summed E-state index contributed by atoms with van der Waals surface area (Å²) in [6.45, 7) is 0. The fraction of sp³-hybridized carbons (Fsp3) is 0.0435. The highest BCUT2D eigenvalue weighted by Gasteiger charge is 2.31. The average molecular weight is 358 g/mol. The lowest BCUT2D eigenvalue weighted by atomic mass is 10.1. The van der Waals surface area contributed by atoms with Crippen molar-refractivity contribution in [3.63, 3.8) is 0 Å². The van der Waals surface area contributed by atoms with Gasteiger partial charge in [-0.3, -0.25) is 0 Å². The van der Waals surface area contributed by atoms with Gasteiger partial charge in [0.2, 0.25) is 0 Å². The van der Waals surface area contributed by atoms with Gasteiger partial charge in [-0.1, -0.05) is 72.8 Å². The molecule has 0 N–H and O–H groups in total. The summed E-state index contributed by atoms with van der Waals surface area (Å²) >= 11 is 0. The van der Waals surface area contributed by atoms with Crippen LogP contribution in [0.5, 0.6) is 5.75 Å². The molecule has 0 spiro atoms. The fourth-order valence-electron chi connectivity index (χ4n) is 3.34. The molecule has 4 aromatic carbocycles. The molecule has 2 nitrogen and oxygen atoms in total. The SMILES string of the molecule is COc1ccc([P@@](=O)(c2ccccc2)c2cccc3ccccc23)cc1. The van der Waals surface area contributed by atoms with Crippen molar-refractivity contribution in [3.8, 4) is 5.75 Å². The van der Waals surface area contributed by atoms with Crippen molar-refractivity contribution in [1.82, 2.24) is 0 Å². The molecule has 0 amide bonds. The molecule has 4 rings (SSSR count). The molecule has 0 saturated carbocycles. The van der Waals surface area contributed by atoms with Crippen LogP contribution in [0, 0.1) is 0 Å².